The van der Waals surface area contributed by atoms with Gasteiger partial charge >= 0.3 is 41.9 Å². The molecule has 19 heteroatoms. The first-order chi connectivity index (χ1) is 26.9. The zero-order valence-electron chi connectivity index (χ0n) is 32.1. The van der Waals surface area contributed by atoms with Gasteiger partial charge in [-0.15, -0.1) is 0 Å². The van der Waals surface area contributed by atoms with Gasteiger partial charge in [-0.05, 0) is 11.1 Å². The summed E-state index contributed by atoms with van der Waals surface area (Å²) in [4.78, 5) is 100. The maximum atomic E-state index is 13.9. The lowest BCUT2D eigenvalue weighted by Crippen LogP contribution is -2.73. The summed E-state index contributed by atoms with van der Waals surface area (Å²) in [6.45, 7) is 4.38. The Bertz CT molecular complexity index is 1740. The highest BCUT2D eigenvalue weighted by Crippen LogP contribution is 2.35. The Morgan fingerprint density at radius 2 is 1.23 bits per heavy atom. The lowest BCUT2D eigenvalue weighted by molar-refractivity contribution is -0.314. The number of aliphatic hydroxyl groups is 1. The molecular weight excluding hydrogens is 756 g/mol. The Balaban J connectivity index is 2.05. The molecule has 0 spiro atoms. The van der Waals surface area contributed by atoms with Gasteiger partial charge in [0, 0.05) is 54.5 Å². The summed E-state index contributed by atoms with van der Waals surface area (Å²) < 4.78 is 43.3. The lowest BCUT2D eigenvalue weighted by atomic mass is 9.86. The van der Waals surface area contributed by atoms with Gasteiger partial charge in [0.05, 0.1) is 0 Å². The average Bonchev–Trinajstić information content (AvgIpc) is 3.12. The second kappa shape index (κ2) is 21.3. The Labute approximate surface area is 327 Å². The molecule has 310 valence electrons. The van der Waals surface area contributed by atoms with Gasteiger partial charge in [0.1, 0.15) is 25.4 Å². The number of benzene rings is 2. The van der Waals surface area contributed by atoms with Crippen LogP contribution in [0, 0.1) is 0 Å². The van der Waals surface area contributed by atoms with E-state index in [-0.39, 0.29) is 13.0 Å². The molecule has 3 N–H and O–H groups in total. The lowest BCUT2D eigenvalue weighted by Gasteiger charge is -2.50. The average molecular weight is 803 g/mol. The van der Waals surface area contributed by atoms with Gasteiger partial charge in [-0.1, -0.05) is 60.7 Å². The van der Waals surface area contributed by atoms with Crippen LogP contribution in [0.1, 0.15) is 52.7 Å². The SMILES string of the molecule is CC(=O)OC[C@@H](OC(C)=O)[C@@H](OC(C)=O)[C@@H](OC(C)=O)C(=O)NC[C@H]1O[C@@](O)(Cc2ccccc2)[C@H](NC(=O)OCc2ccccc2)[C@@H](OC(C)=O)[C@@H]1OC(C)=O. The number of carbonyl (C=O) groups excluding carboxylic acids is 8. The third-order valence-corrected chi connectivity index (χ3v) is 8.01. The van der Waals surface area contributed by atoms with Crippen molar-refractivity contribution in [2.75, 3.05) is 13.2 Å². The normalized spacial score (nSPS) is 21.5. The van der Waals surface area contributed by atoms with Gasteiger partial charge in [0.15, 0.2) is 30.2 Å². The van der Waals surface area contributed by atoms with E-state index in [1.165, 1.54) is 0 Å². The van der Waals surface area contributed by atoms with Gasteiger partial charge in [0.2, 0.25) is 6.10 Å². The molecule has 3 rings (SSSR count). The molecule has 0 unspecified atom stereocenters. The monoisotopic (exact) mass is 802 g/mol. The Hall–Kier alpha value is -6.08. The Morgan fingerprint density at radius 3 is 1.75 bits per heavy atom. The third kappa shape index (κ3) is 14.5. The van der Waals surface area contributed by atoms with Crippen molar-refractivity contribution >= 4 is 47.8 Å². The molecule has 57 heavy (non-hydrogen) atoms. The first kappa shape index (κ1) is 45.3. The summed E-state index contributed by atoms with van der Waals surface area (Å²) in [5, 5.41) is 17.2. The second-order valence-corrected chi connectivity index (χ2v) is 12.8. The predicted molar refractivity (Wildman–Crippen MR) is 191 cm³/mol. The summed E-state index contributed by atoms with van der Waals surface area (Å²) in [6, 6.07) is 15.3. The van der Waals surface area contributed by atoms with E-state index in [2.05, 4.69) is 10.6 Å². The maximum Gasteiger partial charge on any atom is 0.408 e. The highest BCUT2D eigenvalue weighted by molar-refractivity contribution is 5.84. The molecule has 1 saturated heterocycles. The number of alkyl carbamates (subject to hydrolysis) is 1. The van der Waals surface area contributed by atoms with Crippen LogP contribution in [0.2, 0.25) is 0 Å². The van der Waals surface area contributed by atoms with Crippen molar-refractivity contribution in [3.63, 3.8) is 0 Å². The number of rotatable bonds is 17. The zero-order valence-corrected chi connectivity index (χ0v) is 32.1. The number of nitrogens with one attached hydrogen (secondary N) is 2. The molecule has 1 fully saturated rings. The Kier molecular flexibility index (Phi) is 16.9. The summed E-state index contributed by atoms with van der Waals surface area (Å²) >= 11 is 0. The van der Waals surface area contributed by atoms with Crippen molar-refractivity contribution < 1.29 is 81.4 Å². The molecule has 2 aromatic carbocycles. The van der Waals surface area contributed by atoms with Crippen LogP contribution in [0.3, 0.4) is 0 Å². The molecule has 0 aliphatic carbocycles. The summed E-state index contributed by atoms with van der Waals surface area (Å²) in [6.07, 6.45) is -12.0. The van der Waals surface area contributed by atoms with E-state index in [1.54, 1.807) is 60.7 Å². The number of ether oxygens (including phenoxy) is 8. The summed E-state index contributed by atoms with van der Waals surface area (Å²) in [5.41, 5.74) is 1.11. The molecule has 1 heterocycles. The Morgan fingerprint density at radius 1 is 0.684 bits per heavy atom. The van der Waals surface area contributed by atoms with Crippen molar-refractivity contribution in [3.05, 3.63) is 71.8 Å². The van der Waals surface area contributed by atoms with Crippen LogP contribution in [0.5, 0.6) is 0 Å². The van der Waals surface area contributed by atoms with Crippen molar-refractivity contribution in [2.24, 2.45) is 0 Å². The molecule has 0 aromatic heterocycles. The quantitative estimate of drug-likeness (QED) is 0.149. The molecule has 8 atom stereocenters. The van der Waals surface area contributed by atoms with Crippen LogP contribution >= 0.6 is 0 Å². The third-order valence-electron chi connectivity index (χ3n) is 8.01. The van der Waals surface area contributed by atoms with Gasteiger partial charge in [-0.2, -0.15) is 0 Å². The second-order valence-electron chi connectivity index (χ2n) is 12.8. The fraction of sp³-hybridized carbons (Fsp3) is 0.474. The molecule has 19 nitrogen and oxygen atoms in total. The van der Waals surface area contributed by atoms with Crippen molar-refractivity contribution in [1.82, 2.24) is 10.6 Å². The van der Waals surface area contributed by atoms with Crippen molar-refractivity contribution in [2.45, 2.75) is 103 Å². The molecule has 0 radical (unpaired) electrons. The summed E-state index contributed by atoms with van der Waals surface area (Å²) in [5.74, 6) is -9.32. The van der Waals surface area contributed by atoms with Crippen LogP contribution < -0.4 is 10.6 Å². The van der Waals surface area contributed by atoms with E-state index in [4.69, 9.17) is 37.9 Å². The molecule has 0 bridgehead atoms. The molecule has 2 amide bonds. The van der Waals surface area contributed by atoms with E-state index in [1.807, 2.05) is 0 Å². The van der Waals surface area contributed by atoms with Gasteiger partial charge in [0.25, 0.3) is 5.91 Å². The van der Waals surface area contributed by atoms with E-state index in [9.17, 15) is 43.5 Å². The topological polar surface area (TPSA) is 255 Å². The van der Waals surface area contributed by atoms with Gasteiger partial charge in [-0.3, -0.25) is 33.6 Å². The number of hydrogen-bond donors (Lipinski definition) is 3. The number of carbonyl (C=O) groups is 8. The van der Waals surface area contributed by atoms with E-state index >= 15 is 0 Å². The van der Waals surface area contributed by atoms with Crippen LogP contribution in [0.15, 0.2) is 60.7 Å². The van der Waals surface area contributed by atoms with Crippen LogP contribution in [0.4, 0.5) is 4.79 Å². The highest BCUT2D eigenvalue weighted by atomic mass is 16.7. The highest BCUT2D eigenvalue weighted by Gasteiger charge is 2.58. The number of hydrogen-bond acceptors (Lipinski definition) is 17. The molecule has 2 aromatic rings. The van der Waals surface area contributed by atoms with E-state index in [0.29, 0.717) is 11.1 Å². The van der Waals surface area contributed by atoms with Crippen LogP contribution in [-0.4, -0.2) is 115 Å². The van der Waals surface area contributed by atoms with E-state index in [0.717, 1.165) is 41.5 Å². The molecule has 0 saturated carbocycles. The van der Waals surface area contributed by atoms with Crippen molar-refractivity contribution in [3.8, 4) is 0 Å². The minimum absolute atomic E-state index is 0.186. The maximum absolute atomic E-state index is 13.9. The first-order valence-corrected chi connectivity index (χ1v) is 17.6. The standard InChI is InChI=1S/C38H46N2O17/c1-21(41)50-20-30(52-22(2)42)32(54-24(4)44)34(56-26(6)46)36(47)39-18-29-31(53-23(3)43)33(55-25(5)45)35(38(49,57-29)17-27-13-9-7-10-14-27)40-37(48)51-19-28-15-11-8-12-16-28/h7-16,29-35,49H,17-20H2,1-6H3,(H,39,47)(H,40,48)/t29-,30-,31-,32-,33+,34-,35-,38+/m1/s1. The van der Waals surface area contributed by atoms with Gasteiger partial charge < -0.3 is 53.6 Å². The number of amides is 2. The minimum Gasteiger partial charge on any atom is -0.462 e. The zero-order chi connectivity index (χ0) is 42.3. The smallest absolute Gasteiger partial charge is 0.408 e. The largest absolute Gasteiger partial charge is 0.462 e. The van der Waals surface area contributed by atoms with Gasteiger partial charge in [-0.25, -0.2) is 4.79 Å². The van der Waals surface area contributed by atoms with Crippen LogP contribution in [0.25, 0.3) is 0 Å². The summed E-state index contributed by atoms with van der Waals surface area (Å²) in [7, 11) is 0. The fourth-order valence-corrected chi connectivity index (χ4v) is 5.89. The predicted octanol–water partition coefficient (Wildman–Crippen LogP) is 0.949. The van der Waals surface area contributed by atoms with Crippen LogP contribution in [-0.2, 0) is 84.5 Å². The first-order valence-electron chi connectivity index (χ1n) is 17.6. The molecular formula is C38H46N2O17. The number of esters is 6. The minimum atomic E-state index is -2.47. The molecule has 1 aliphatic rings. The van der Waals surface area contributed by atoms with Crippen molar-refractivity contribution in [1.29, 1.82) is 0 Å². The fourth-order valence-electron chi connectivity index (χ4n) is 5.89. The van der Waals surface area contributed by atoms with E-state index < -0.39 is 109 Å². The molecule has 1 aliphatic heterocycles.